The van der Waals surface area contributed by atoms with Gasteiger partial charge < -0.3 is 15.4 Å². The van der Waals surface area contributed by atoms with Crippen molar-refractivity contribution in [1.29, 1.82) is 0 Å². The fraction of sp³-hybridized carbons (Fsp3) is 0.160. The van der Waals surface area contributed by atoms with Crippen LogP contribution in [-0.4, -0.2) is 28.8 Å². The number of carbonyl (C=O) groups is 3. The lowest BCUT2D eigenvalue weighted by Crippen LogP contribution is -2.31. The fourth-order valence-corrected chi connectivity index (χ4v) is 3.42. The van der Waals surface area contributed by atoms with Crippen molar-refractivity contribution in [2.75, 3.05) is 5.32 Å². The summed E-state index contributed by atoms with van der Waals surface area (Å²) in [5, 5.41) is 5.47. The third-order valence-electron chi connectivity index (χ3n) is 5.07. The summed E-state index contributed by atoms with van der Waals surface area (Å²) < 4.78 is 5.73. The Balaban J connectivity index is 1.26. The van der Waals surface area contributed by atoms with Crippen molar-refractivity contribution in [1.82, 2.24) is 10.2 Å². The molecule has 0 radical (unpaired) electrons. The molecule has 0 spiro atoms. The number of anilines is 1. The van der Waals surface area contributed by atoms with Gasteiger partial charge in [0, 0.05) is 12.1 Å². The molecule has 4 rings (SSSR count). The van der Waals surface area contributed by atoms with Crippen molar-refractivity contribution in [2.24, 2.45) is 0 Å². The van der Waals surface area contributed by atoms with E-state index in [1.165, 1.54) is 4.90 Å². The average molecular weight is 429 g/mol. The lowest BCUT2D eigenvalue weighted by Gasteiger charge is -2.13. The van der Waals surface area contributed by atoms with Crippen LogP contribution in [-0.2, 0) is 16.1 Å². The zero-order chi connectivity index (χ0) is 22.3. The SMILES string of the molecule is O=C(CC[C@@H]1NC(=O)N(Cc2ccccc2)C1=O)Nc1ccc(Oc2ccccc2)cc1. The maximum absolute atomic E-state index is 12.6. The number of benzene rings is 3. The summed E-state index contributed by atoms with van der Waals surface area (Å²) in [5.74, 6) is 0.847. The van der Waals surface area contributed by atoms with Crippen LogP contribution in [0.3, 0.4) is 0 Å². The molecule has 32 heavy (non-hydrogen) atoms. The van der Waals surface area contributed by atoms with Gasteiger partial charge in [0.05, 0.1) is 6.54 Å². The van der Waals surface area contributed by atoms with Crippen LogP contribution < -0.4 is 15.4 Å². The normalized spacial score (nSPS) is 15.4. The number of amides is 4. The number of nitrogens with zero attached hydrogens (tertiary/aromatic N) is 1. The highest BCUT2D eigenvalue weighted by molar-refractivity contribution is 6.04. The minimum atomic E-state index is -0.696. The molecule has 0 bridgehead atoms. The summed E-state index contributed by atoms with van der Waals surface area (Å²) in [6.07, 6.45) is 0.342. The molecule has 162 valence electrons. The lowest BCUT2D eigenvalue weighted by molar-refractivity contribution is -0.128. The maximum atomic E-state index is 12.6. The molecule has 0 aromatic heterocycles. The van der Waals surface area contributed by atoms with Crippen LogP contribution in [0.4, 0.5) is 10.5 Å². The van der Waals surface area contributed by atoms with Gasteiger partial charge >= 0.3 is 6.03 Å². The summed E-state index contributed by atoms with van der Waals surface area (Å²) in [6.45, 7) is 0.214. The highest BCUT2D eigenvalue weighted by atomic mass is 16.5. The van der Waals surface area contributed by atoms with Crippen molar-refractivity contribution in [3.8, 4) is 11.5 Å². The number of rotatable bonds is 8. The first-order valence-corrected chi connectivity index (χ1v) is 10.4. The Morgan fingerprint density at radius 2 is 1.50 bits per heavy atom. The second-order valence-corrected chi connectivity index (χ2v) is 7.44. The Morgan fingerprint density at radius 3 is 2.19 bits per heavy atom. The molecule has 0 aliphatic carbocycles. The quantitative estimate of drug-likeness (QED) is 0.522. The molecular weight excluding hydrogens is 406 g/mol. The molecule has 7 nitrogen and oxygen atoms in total. The van der Waals surface area contributed by atoms with Crippen LogP contribution >= 0.6 is 0 Å². The van der Waals surface area contributed by atoms with Gasteiger partial charge in [0.25, 0.3) is 5.91 Å². The largest absolute Gasteiger partial charge is 0.457 e. The van der Waals surface area contributed by atoms with Gasteiger partial charge in [-0.1, -0.05) is 48.5 Å². The van der Waals surface area contributed by atoms with E-state index in [9.17, 15) is 14.4 Å². The average Bonchev–Trinajstić information content (AvgIpc) is 3.08. The molecule has 4 amide bonds. The Labute approximate surface area is 186 Å². The zero-order valence-electron chi connectivity index (χ0n) is 17.4. The Kier molecular flexibility index (Phi) is 6.46. The molecule has 2 N–H and O–H groups in total. The Hall–Kier alpha value is -4.13. The zero-order valence-corrected chi connectivity index (χ0v) is 17.4. The molecule has 1 fully saturated rings. The van der Waals surface area contributed by atoms with E-state index in [4.69, 9.17) is 4.74 Å². The van der Waals surface area contributed by atoms with Crippen molar-refractivity contribution >= 4 is 23.5 Å². The number of carbonyl (C=O) groups excluding carboxylic acids is 3. The van der Waals surface area contributed by atoms with Crippen LogP contribution in [0.25, 0.3) is 0 Å². The molecule has 1 saturated heterocycles. The molecule has 0 saturated carbocycles. The number of urea groups is 1. The van der Waals surface area contributed by atoms with E-state index in [0.29, 0.717) is 11.4 Å². The van der Waals surface area contributed by atoms with E-state index >= 15 is 0 Å². The number of hydrogen-bond acceptors (Lipinski definition) is 4. The van der Waals surface area contributed by atoms with Gasteiger partial charge in [0.1, 0.15) is 17.5 Å². The van der Waals surface area contributed by atoms with Gasteiger partial charge in [-0.15, -0.1) is 0 Å². The second-order valence-electron chi connectivity index (χ2n) is 7.44. The van der Waals surface area contributed by atoms with Crippen LogP contribution in [0, 0.1) is 0 Å². The topological polar surface area (TPSA) is 87.7 Å². The first-order valence-electron chi connectivity index (χ1n) is 10.4. The van der Waals surface area contributed by atoms with Crippen molar-refractivity contribution in [2.45, 2.75) is 25.4 Å². The third kappa shape index (κ3) is 5.31. The predicted molar refractivity (Wildman–Crippen MR) is 120 cm³/mol. The van der Waals surface area contributed by atoms with E-state index in [1.54, 1.807) is 24.3 Å². The molecule has 1 aliphatic rings. The van der Waals surface area contributed by atoms with Gasteiger partial charge in [-0.3, -0.25) is 14.5 Å². The molecule has 7 heteroatoms. The number of imide groups is 1. The van der Waals surface area contributed by atoms with Crippen LogP contribution in [0.15, 0.2) is 84.9 Å². The van der Waals surface area contributed by atoms with E-state index in [0.717, 1.165) is 11.3 Å². The number of hydrogen-bond donors (Lipinski definition) is 2. The number of para-hydroxylation sites is 1. The summed E-state index contributed by atoms with van der Waals surface area (Å²) in [6, 6.07) is 24.6. The molecule has 1 aliphatic heterocycles. The first-order chi connectivity index (χ1) is 15.6. The van der Waals surface area contributed by atoms with Gasteiger partial charge in [0.2, 0.25) is 5.91 Å². The van der Waals surface area contributed by atoms with E-state index in [2.05, 4.69) is 10.6 Å². The van der Waals surface area contributed by atoms with Crippen molar-refractivity contribution in [3.63, 3.8) is 0 Å². The Morgan fingerprint density at radius 1 is 0.875 bits per heavy atom. The molecular formula is C25H23N3O4. The molecule has 3 aromatic carbocycles. The lowest BCUT2D eigenvalue weighted by atomic mass is 10.1. The van der Waals surface area contributed by atoms with Gasteiger partial charge in [-0.2, -0.15) is 0 Å². The molecule has 3 aromatic rings. The second kappa shape index (κ2) is 9.78. The molecule has 1 heterocycles. The van der Waals surface area contributed by atoms with Gasteiger partial charge in [-0.25, -0.2) is 4.79 Å². The van der Waals surface area contributed by atoms with Crippen molar-refractivity contribution in [3.05, 3.63) is 90.5 Å². The first kappa shape index (κ1) is 21.1. The number of ether oxygens (including phenoxy) is 1. The predicted octanol–water partition coefficient (Wildman–Crippen LogP) is 4.32. The summed E-state index contributed by atoms with van der Waals surface area (Å²) in [4.78, 5) is 38.3. The summed E-state index contributed by atoms with van der Waals surface area (Å²) >= 11 is 0. The minimum Gasteiger partial charge on any atom is -0.457 e. The highest BCUT2D eigenvalue weighted by Crippen LogP contribution is 2.23. The Bertz CT molecular complexity index is 1090. The monoisotopic (exact) mass is 429 g/mol. The van der Waals surface area contributed by atoms with Crippen LogP contribution in [0.2, 0.25) is 0 Å². The number of nitrogens with one attached hydrogen (secondary N) is 2. The van der Waals surface area contributed by atoms with Gasteiger partial charge in [-0.05, 0) is 48.4 Å². The van der Waals surface area contributed by atoms with E-state index in [-0.39, 0.29) is 31.2 Å². The maximum Gasteiger partial charge on any atom is 0.325 e. The fourth-order valence-electron chi connectivity index (χ4n) is 3.42. The van der Waals surface area contributed by atoms with Crippen molar-refractivity contribution < 1.29 is 19.1 Å². The highest BCUT2D eigenvalue weighted by Gasteiger charge is 2.37. The summed E-state index contributed by atoms with van der Waals surface area (Å²) in [5.41, 5.74) is 1.50. The van der Waals surface area contributed by atoms with Gasteiger partial charge in [0.15, 0.2) is 0 Å². The molecule has 0 unspecified atom stereocenters. The molecule has 1 atom stereocenters. The standard InChI is InChI=1S/C25H23N3O4/c29-23(26-19-11-13-21(14-12-19)32-20-9-5-2-6-10-20)16-15-22-24(30)28(25(31)27-22)17-18-7-3-1-4-8-18/h1-14,22H,15-17H2,(H,26,29)(H,27,31)/t22-/m0/s1. The van der Waals surface area contributed by atoms with Crippen LogP contribution in [0.1, 0.15) is 18.4 Å². The smallest absolute Gasteiger partial charge is 0.325 e. The van der Waals surface area contributed by atoms with E-state index in [1.807, 2.05) is 60.7 Å². The minimum absolute atomic E-state index is 0.109. The van der Waals surface area contributed by atoms with E-state index < -0.39 is 12.1 Å². The van der Waals surface area contributed by atoms with Crippen LogP contribution in [0.5, 0.6) is 11.5 Å². The summed E-state index contributed by atoms with van der Waals surface area (Å²) in [7, 11) is 0. The third-order valence-corrected chi connectivity index (χ3v) is 5.07.